The standard InChI is InChI=1S/C13H12O2S/c1-15-13(14)12-7-3-2-5-10(12)9-11-6-4-8-16-11/h2-8H,9H2,1H3. The highest BCUT2D eigenvalue weighted by Gasteiger charge is 2.11. The summed E-state index contributed by atoms with van der Waals surface area (Å²) in [6.45, 7) is 0. The fourth-order valence-corrected chi connectivity index (χ4v) is 2.31. The van der Waals surface area contributed by atoms with E-state index >= 15 is 0 Å². The van der Waals surface area contributed by atoms with E-state index in [-0.39, 0.29) is 5.97 Å². The fourth-order valence-electron chi connectivity index (χ4n) is 1.58. The van der Waals surface area contributed by atoms with Gasteiger partial charge in [-0.25, -0.2) is 4.79 Å². The first-order valence-electron chi connectivity index (χ1n) is 5.00. The zero-order valence-corrected chi connectivity index (χ0v) is 9.79. The van der Waals surface area contributed by atoms with Gasteiger partial charge in [-0.3, -0.25) is 0 Å². The zero-order valence-electron chi connectivity index (χ0n) is 8.97. The summed E-state index contributed by atoms with van der Waals surface area (Å²) in [5, 5.41) is 2.04. The van der Waals surface area contributed by atoms with E-state index in [0.717, 1.165) is 12.0 Å². The molecule has 1 aromatic carbocycles. The second-order valence-corrected chi connectivity index (χ2v) is 4.44. The first-order chi connectivity index (χ1) is 7.81. The van der Waals surface area contributed by atoms with Crippen LogP contribution in [0.3, 0.4) is 0 Å². The molecule has 0 spiro atoms. The third kappa shape index (κ3) is 2.31. The van der Waals surface area contributed by atoms with Gasteiger partial charge in [0.05, 0.1) is 12.7 Å². The second-order valence-electron chi connectivity index (χ2n) is 3.40. The number of ether oxygens (including phenoxy) is 1. The SMILES string of the molecule is COC(=O)c1ccccc1Cc1cccs1. The summed E-state index contributed by atoms with van der Waals surface area (Å²) in [4.78, 5) is 12.8. The van der Waals surface area contributed by atoms with Gasteiger partial charge >= 0.3 is 5.97 Å². The number of hydrogen-bond donors (Lipinski definition) is 0. The molecule has 0 saturated carbocycles. The Balaban J connectivity index is 2.30. The van der Waals surface area contributed by atoms with E-state index in [1.807, 2.05) is 29.6 Å². The Hall–Kier alpha value is -1.61. The van der Waals surface area contributed by atoms with Gasteiger partial charge < -0.3 is 4.74 Å². The lowest BCUT2D eigenvalue weighted by Gasteiger charge is -2.06. The number of methoxy groups -OCH3 is 1. The Labute approximate surface area is 98.5 Å². The van der Waals surface area contributed by atoms with Crippen LogP contribution in [-0.2, 0) is 11.2 Å². The third-order valence-electron chi connectivity index (χ3n) is 2.37. The van der Waals surface area contributed by atoms with Crippen LogP contribution in [0.5, 0.6) is 0 Å². The number of hydrogen-bond acceptors (Lipinski definition) is 3. The average Bonchev–Trinajstić information content (AvgIpc) is 2.82. The minimum absolute atomic E-state index is 0.271. The predicted octanol–water partition coefficient (Wildman–Crippen LogP) is 3.13. The van der Waals surface area contributed by atoms with Gasteiger partial charge in [-0.05, 0) is 23.1 Å². The molecule has 0 atom stereocenters. The molecule has 0 unspecified atom stereocenters. The number of thiophene rings is 1. The molecule has 2 rings (SSSR count). The molecule has 16 heavy (non-hydrogen) atoms. The molecular formula is C13H12O2S. The normalized spacial score (nSPS) is 10.1. The van der Waals surface area contributed by atoms with Crippen LogP contribution in [0.25, 0.3) is 0 Å². The Morgan fingerprint density at radius 2 is 2.06 bits per heavy atom. The van der Waals surface area contributed by atoms with Crippen molar-refractivity contribution < 1.29 is 9.53 Å². The molecule has 0 N–H and O–H groups in total. The van der Waals surface area contributed by atoms with Crippen molar-refractivity contribution in [3.8, 4) is 0 Å². The van der Waals surface area contributed by atoms with Gasteiger partial charge in [0.25, 0.3) is 0 Å². The molecule has 1 aromatic heterocycles. The number of carbonyl (C=O) groups is 1. The third-order valence-corrected chi connectivity index (χ3v) is 3.24. The molecule has 2 aromatic rings. The maximum atomic E-state index is 11.5. The van der Waals surface area contributed by atoms with Gasteiger partial charge in [0.15, 0.2) is 0 Å². The van der Waals surface area contributed by atoms with Crippen LogP contribution in [0.4, 0.5) is 0 Å². The van der Waals surface area contributed by atoms with Gasteiger partial charge in [-0.2, -0.15) is 0 Å². The van der Waals surface area contributed by atoms with E-state index in [1.165, 1.54) is 12.0 Å². The molecule has 2 nitrogen and oxygen atoms in total. The van der Waals surface area contributed by atoms with Crippen LogP contribution in [0.15, 0.2) is 41.8 Å². The molecule has 0 bridgehead atoms. The number of esters is 1. The lowest BCUT2D eigenvalue weighted by atomic mass is 10.0. The molecule has 0 saturated heterocycles. The largest absolute Gasteiger partial charge is 0.465 e. The van der Waals surface area contributed by atoms with Gasteiger partial charge in [0.1, 0.15) is 0 Å². The molecule has 82 valence electrons. The molecule has 0 aliphatic heterocycles. The fraction of sp³-hybridized carbons (Fsp3) is 0.154. The lowest BCUT2D eigenvalue weighted by Crippen LogP contribution is -2.05. The maximum absolute atomic E-state index is 11.5. The molecular weight excluding hydrogens is 220 g/mol. The van der Waals surface area contributed by atoms with Gasteiger partial charge in [0.2, 0.25) is 0 Å². The van der Waals surface area contributed by atoms with Crippen molar-refractivity contribution in [3.05, 3.63) is 57.8 Å². The van der Waals surface area contributed by atoms with E-state index in [4.69, 9.17) is 4.74 Å². The summed E-state index contributed by atoms with van der Waals surface area (Å²) in [6, 6.07) is 11.6. The summed E-state index contributed by atoms with van der Waals surface area (Å²) in [6.07, 6.45) is 0.781. The second kappa shape index (κ2) is 4.94. The number of benzene rings is 1. The smallest absolute Gasteiger partial charge is 0.338 e. The number of carbonyl (C=O) groups excluding carboxylic acids is 1. The predicted molar refractivity (Wildman–Crippen MR) is 64.9 cm³/mol. The molecule has 0 aliphatic carbocycles. The quantitative estimate of drug-likeness (QED) is 0.760. The Kier molecular flexibility index (Phi) is 3.37. The summed E-state index contributed by atoms with van der Waals surface area (Å²) in [7, 11) is 1.41. The van der Waals surface area contributed by atoms with E-state index in [0.29, 0.717) is 5.56 Å². The molecule has 0 fully saturated rings. The highest BCUT2D eigenvalue weighted by molar-refractivity contribution is 7.09. The molecule has 0 amide bonds. The summed E-state index contributed by atoms with van der Waals surface area (Å²) < 4.78 is 4.76. The Bertz CT molecular complexity index is 474. The highest BCUT2D eigenvalue weighted by Crippen LogP contribution is 2.18. The van der Waals surface area contributed by atoms with Crippen molar-refractivity contribution in [2.24, 2.45) is 0 Å². The van der Waals surface area contributed by atoms with E-state index in [2.05, 4.69) is 6.07 Å². The molecule has 3 heteroatoms. The summed E-state index contributed by atoms with van der Waals surface area (Å²) >= 11 is 1.69. The van der Waals surface area contributed by atoms with E-state index in [9.17, 15) is 4.79 Å². The van der Waals surface area contributed by atoms with E-state index < -0.39 is 0 Å². The molecule has 0 radical (unpaired) electrons. The topological polar surface area (TPSA) is 26.3 Å². The summed E-state index contributed by atoms with van der Waals surface area (Å²) in [5.41, 5.74) is 1.66. The molecule has 1 heterocycles. The number of rotatable bonds is 3. The Morgan fingerprint density at radius 3 is 2.75 bits per heavy atom. The van der Waals surface area contributed by atoms with Crippen LogP contribution in [0.2, 0.25) is 0 Å². The van der Waals surface area contributed by atoms with Crippen LogP contribution in [0, 0.1) is 0 Å². The molecule has 0 aliphatic rings. The van der Waals surface area contributed by atoms with Gasteiger partial charge in [-0.15, -0.1) is 11.3 Å². The van der Waals surface area contributed by atoms with Crippen molar-refractivity contribution in [3.63, 3.8) is 0 Å². The maximum Gasteiger partial charge on any atom is 0.338 e. The van der Waals surface area contributed by atoms with Crippen molar-refractivity contribution in [1.82, 2.24) is 0 Å². The van der Waals surface area contributed by atoms with E-state index in [1.54, 1.807) is 17.4 Å². The minimum atomic E-state index is -0.271. The first-order valence-corrected chi connectivity index (χ1v) is 5.88. The zero-order chi connectivity index (χ0) is 11.4. The monoisotopic (exact) mass is 232 g/mol. The lowest BCUT2D eigenvalue weighted by molar-refractivity contribution is 0.0599. The first kappa shape index (κ1) is 10.9. The average molecular weight is 232 g/mol. The van der Waals surface area contributed by atoms with Crippen molar-refractivity contribution in [2.75, 3.05) is 7.11 Å². The minimum Gasteiger partial charge on any atom is -0.465 e. The van der Waals surface area contributed by atoms with Crippen LogP contribution >= 0.6 is 11.3 Å². The van der Waals surface area contributed by atoms with Crippen molar-refractivity contribution in [1.29, 1.82) is 0 Å². The van der Waals surface area contributed by atoms with Crippen molar-refractivity contribution >= 4 is 17.3 Å². The van der Waals surface area contributed by atoms with Crippen LogP contribution in [-0.4, -0.2) is 13.1 Å². The van der Waals surface area contributed by atoms with Gasteiger partial charge in [-0.1, -0.05) is 24.3 Å². The highest BCUT2D eigenvalue weighted by atomic mass is 32.1. The van der Waals surface area contributed by atoms with Crippen LogP contribution < -0.4 is 0 Å². The van der Waals surface area contributed by atoms with Crippen molar-refractivity contribution in [2.45, 2.75) is 6.42 Å². The van der Waals surface area contributed by atoms with Gasteiger partial charge in [0, 0.05) is 11.3 Å². The van der Waals surface area contributed by atoms with Crippen LogP contribution in [0.1, 0.15) is 20.8 Å². The summed E-state index contributed by atoms with van der Waals surface area (Å²) in [5.74, 6) is -0.271. The Morgan fingerprint density at radius 1 is 1.25 bits per heavy atom.